The molecule has 0 atom stereocenters. The fraction of sp³-hybridized carbons (Fsp3) is 0.500. The van der Waals surface area contributed by atoms with Crippen LogP contribution in [-0.2, 0) is 11.2 Å². The normalized spacial score (nSPS) is 19.0. The number of piperidine rings is 1. The highest BCUT2D eigenvalue weighted by Gasteiger charge is 2.42. The second kappa shape index (κ2) is 10.9. The summed E-state index contributed by atoms with van der Waals surface area (Å²) in [5, 5.41) is 3.13. The van der Waals surface area contributed by atoms with Gasteiger partial charge in [0.15, 0.2) is 0 Å². The van der Waals surface area contributed by atoms with Gasteiger partial charge in [0, 0.05) is 13.1 Å². The largest absolute Gasteiger partial charge is 0.496 e. The van der Waals surface area contributed by atoms with E-state index in [1.807, 2.05) is 42.2 Å². The molecule has 0 aliphatic carbocycles. The minimum absolute atomic E-state index is 0.0217. The lowest BCUT2D eigenvalue weighted by molar-refractivity contribution is -0.134. The monoisotopic (exact) mass is 464 g/mol. The lowest BCUT2D eigenvalue weighted by Gasteiger charge is -2.41. The van der Waals surface area contributed by atoms with Crippen LogP contribution < -0.4 is 14.8 Å². The number of carbonyl (C=O) groups is 2. The van der Waals surface area contributed by atoms with Crippen LogP contribution in [0.2, 0.25) is 0 Å². The van der Waals surface area contributed by atoms with Gasteiger partial charge in [-0.15, -0.1) is 0 Å². The minimum Gasteiger partial charge on any atom is -0.496 e. The molecule has 6 heteroatoms. The molecule has 34 heavy (non-hydrogen) atoms. The highest BCUT2D eigenvalue weighted by atomic mass is 16.5. The topological polar surface area (TPSA) is 67.9 Å². The SMILES string of the molecule is COc1c(C)cccc1C(=O)N1CCC2(CCCCCc3ccccc3OCCNC2=O)CC1. The molecule has 1 spiro atoms. The van der Waals surface area contributed by atoms with Crippen molar-refractivity contribution in [2.24, 2.45) is 5.41 Å². The molecule has 2 heterocycles. The van der Waals surface area contributed by atoms with Gasteiger partial charge in [-0.05, 0) is 62.3 Å². The van der Waals surface area contributed by atoms with E-state index in [2.05, 4.69) is 17.4 Å². The number of nitrogens with one attached hydrogen (secondary N) is 1. The number of hydrogen-bond acceptors (Lipinski definition) is 4. The number of likely N-dealkylation sites (tertiary alicyclic amines) is 1. The number of para-hydroxylation sites is 2. The molecule has 0 radical (unpaired) electrons. The molecule has 4 rings (SSSR count). The Bertz CT molecular complexity index is 1010. The zero-order valence-corrected chi connectivity index (χ0v) is 20.4. The van der Waals surface area contributed by atoms with Gasteiger partial charge >= 0.3 is 0 Å². The third-order valence-corrected chi connectivity index (χ3v) is 7.36. The maximum Gasteiger partial charge on any atom is 0.257 e. The van der Waals surface area contributed by atoms with Crippen LogP contribution in [0.25, 0.3) is 0 Å². The quantitative estimate of drug-likeness (QED) is 0.709. The molecule has 0 saturated carbocycles. The first-order chi connectivity index (χ1) is 16.5. The number of nitrogens with zero attached hydrogens (tertiary/aromatic N) is 1. The first-order valence-electron chi connectivity index (χ1n) is 12.5. The van der Waals surface area contributed by atoms with Crippen LogP contribution in [-0.4, -0.2) is 50.1 Å². The summed E-state index contributed by atoms with van der Waals surface area (Å²) in [6.07, 6.45) is 6.38. The third kappa shape index (κ3) is 5.21. The zero-order valence-electron chi connectivity index (χ0n) is 20.4. The molecule has 2 aromatic rings. The van der Waals surface area contributed by atoms with Crippen molar-refractivity contribution in [1.29, 1.82) is 0 Å². The molecule has 1 N–H and O–H groups in total. The Morgan fingerprint density at radius 3 is 2.62 bits per heavy atom. The fourth-order valence-corrected chi connectivity index (χ4v) is 5.31. The van der Waals surface area contributed by atoms with E-state index in [0.29, 0.717) is 50.4 Å². The van der Waals surface area contributed by atoms with E-state index in [4.69, 9.17) is 9.47 Å². The predicted octanol–water partition coefficient (Wildman–Crippen LogP) is 4.54. The lowest BCUT2D eigenvalue weighted by atomic mass is 9.73. The van der Waals surface area contributed by atoms with Crippen molar-refractivity contribution in [2.75, 3.05) is 33.4 Å². The van der Waals surface area contributed by atoms with E-state index in [1.165, 1.54) is 5.56 Å². The molecule has 6 nitrogen and oxygen atoms in total. The number of rotatable bonds is 2. The van der Waals surface area contributed by atoms with Gasteiger partial charge in [-0.25, -0.2) is 0 Å². The van der Waals surface area contributed by atoms with Crippen LogP contribution in [0.5, 0.6) is 11.5 Å². The van der Waals surface area contributed by atoms with E-state index in [9.17, 15) is 9.59 Å². The van der Waals surface area contributed by atoms with E-state index in [-0.39, 0.29) is 11.8 Å². The summed E-state index contributed by atoms with van der Waals surface area (Å²) in [6, 6.07) is 13.8. The summed E-state index contributed by atoms with van der Waals surface area (Å²) >= 11 is 0. The van der Waals surface area contributed by atoms with Gasteiger partial charge in [0.2, 0.25) is 5.91 Å². The summed E-state index contributed by atoms with van der Waals surface area (Å²) in [5.74, 6) is 1.63. The van der Waals surface area contributed by atoms with Crippen molar-refractivity contribution >= 4 is 11.8 Å². The van der Waals surface area contributed by atoms with Crippen LogP contribution in [0.1, 0.15) is 60.0 Å². The lowest BCUT2D eigenvalue weighted by Crippen LogP contribution is -2.50. The number of benzene rings is 2. The van der Waals surface area contributed by atoms with E-state index in [1.54, 1.807) is 7.11 Å². The maximum absolute atomic E-state index is 13.3. The molecule has 1 saturated heterocycles. The van der Waals surface area contributed by atoms with Crippen LogP contribution in [0, 0.1) is 12.3 Å². The summed E-state index contributed by atoms with van der Waals surface area (Å²) in [7, 11) is 1.60. The second-order valence-corrected chi connectivity index (χ2v) is 9.50. The molecular weight excluding hydrogens is 428 g/mol. The molecule has 2 aliphatic rings. The molecule has 1 fully saturated rings. The number of amides is 2. The molecule has 2 aliphatic heterocycles. The van der Waals surface area contributed by atoms with Gasteiger partial charge in [-0.2, -0.15) is 0 Å². The molecule has 2 aromatic carbocycles. The number of ether oxygens (including phenoxy) is 2. The Balaban J connectivity index is 1.42. The predicted molar refractivity (Wildman–Crippen MR) is 132 cm³/mol. The van der Waals surface area contributed by atoms with Crippen molar-refractivity contribution in [2.45, 2.75) is 51.9 Å². The molecule has 0 aromatic heterocycles. The van der Waals surface area contributed by atoms with Crippen molar-refractivity contribution in [1.82, 2.24) is 10.2 Å². The number of hydrogen-bond donors (Lipinski definition) is 1. The van der Waals surface area contributed by atoms with Crippen molar-refractivity contribution in [3.05, 3.63) is 59.2 Å². The van der Waals surface area contributed by atoms with Crippen LogP contribution in [0.15, 0.2) is 42.5 Å². The van der Waals surface area contributed by atoms with Gasteiger partial charge in [0.1, 0.15) is 18.1 Å². The first-order valence-corrected chi connectivity index (χ1v) is 12.5. The summed E-state index contributed by atoms with van der Waals surface area (Å²) in [6.45, 7) is 4.03. The van der Waals surface area contributed by atoms with Gasteiger partial charge in [-0.1, -0.05) is 43.2 Å². The number of aryl methyl sites for hydroxylation is 2. The Hall–Kier alpha value is -3.02. The summed E-state index contributed by atoms with van der Waals surface area (Å²) < 4.78 is 11.5. The van der Waals surface area contributed by atoms with Gasteiger partial charge in [0.25, 0.3) is 5.91 Å². The van der Waals surface area contributed by atoms with E-state index >= 15 is 0 Å². The average Bonchev–Trinajstić information content (AvgIpc) is 2.87. The Kier molecular flexibility index (Phi) is 7.76. The third-order valence-electron chi connectivity index (χ3n) is 7.36. The Morgan fingerprint density at radius 2 is 1.82 bits per heavy atom. The molecule has 182 valence electrons. The average molecular weight is 465 g/mol. The fourth-order valence-electron chi connectivity index (χ4n) is 5.31. The van der Waals surface area contributed by atoms with Crippen molar-refractivity contribution in [3.63, 3.8) is 0 Å². The maximum atomic E-state index is 13.3. The number of methoxy groups -OCH3 is 1. The highest BCUT2D eigenvalue weighted by molar-refractivity contribution is 5.97. The van der Waals surface area contributed by atoms with E-state index in [0.717, 1.165) is 43.4 Å². The van der Waals surface area contributed by atoms with Crippen molar-refractivity contribution in [3.8, 4) is 11.5 Å². The first kappa shape index (κ1) is 24.1. The number of fused-ring (bicyclic) bond motifs is 1. The molecule has 0 bridgehead atoms. The van der Waals surface area contributed by atoms with Gasteiger partial charge < -0.3 is 19.7 Å². The van der Waals surface area contributed by atoms with Crippen LogP contribution in [0.3, 0.4) is 0 Å². The summed E-state index contributed by atoms with van der Waals surface area (Å²) in [4.78, 5) is 28.5. The summed E-state index contributed by atoms with van der Waals surface area (Å²) in [5.41, 5.74) is 2.35. The zero-order chi connectivity index (χ0) is 24.0. The standard InChI is InChI=1S/C28H36N2O4/c1-21-9-8-12-23(25(21)33-2)26(31)30-18-15-28(16-19-30)14-7-3-4-10-22-11-5-6-13-24(22)34-20-17-29-27(28)32/h5-6,8-9,11-13H,3-4,7,10,14-20H2,1-2H3,(H,29,32). The number of carbonyl (C=O) groups excluding carboxylic acids is 2. The van der Waals surface area contributed by atoms with Crippen molar-refractivity contribution < 1.29 is 19.1 Å². The molecule has 2 amide bonds. The molecular formula is C28H36N2O4. The minimum atomic E-state index is -0.422. The van der Waals surface area contributed by atoms with E-state index < -0.39 is 5.41 Å². The molecule has 0 unspecified atom stereocenters. The smallest absolute Gasteiger partial charge is 0.257 e. The second-order valence-electron chi connectivity index (χ2n) is 9.50. The van der Waals surface area contributed by atoms with Crippen LogP contribution >= 0.6 is 0 Å². The highest BCUT2D eigenvalue weighted by Crippen LogP contribution is 2.38. The van der Waals surface area contributed by atoms with Gasteiger partial charge in [-0.3, -0.25) is 9.59 Å². The van der Waals surface area contributed by atoms with Crippen LogP contribution in [0.4, 0.5) is 0 Å². The Labute approximate surface area is 202 Å². The Morgan fingerprint density at radius 1 is 1.03 bits per heavy atom. The van der Waals surface area contributed by atoms with Gasteiger partial charge in [0.05, 0.1) is 24.6 Å².